The normalized spacial score (nSPS) is 15.2. The summed E-state index contributed by atoms with van der Waals surface area (Å²) >= 11 is 0. The van der Waals surface area contributed by atoms with E-state index in [2.05, 4.69) is 0 Å². The topological polar surface area (TPSA) is 55.8 Å². The molecule has 1 aliphatic rings. The van der Waals surface area contributed by atoms with Gasteiger partial charge in [0.05, 0.1) is 24.4 Å². The highest BCUT2D eigenvalue weighted by Crippen LogP contribution is 2.36. The molecule has 0 atom stereocenters. The van der Waals surface area contributed by atoms with Gasteiger partial charge >= 0.3 is 5.97 Å². The summed E-state index contributed by atoms with van der Waals surface area (Å²) in [7, 11) is 0. The number of carbonyl (C=O) groups is 2. The Hall–Kier alpha value is -3.34. The molecule has 0 bridgehead atoms. The molecule has 0 aromatic heterocycles. The molecule has 0 saturated heterocycles. The third-order valence-corrected chi connectivity index (χ3v) is 5.13. The van der Waals surface area contributed by atoms with Crippen molar-refractivity contribution in [2.45, 2.75) is 34.6 Å². The standard InChI is InChI=1S/C25H27NO4/c1-6-29-21-12-9-19(10-13-21)15-22-23(25(28)30-7-2)18(5)26(24(22)27)20-11-8-16(3)17(4)14-20/h8-15H,6-7H2,1-5H3/b22-15-. The van der Waals surface area contributed by atoms with Crippen LogP contribution in [0.3, 0.4) is 0 Å². The second-order valence-corrected chi connectivity index (χ2v) is 7.15. The highest BCUT2D eigenvalue weighted by Gasteiger charge is 2.38. The van der Waals surface area contributed by atoms with Crippen LogP contribution < -0.4 is 9.64 Å². The molecule has 2 aromatic carbocycles. The van der Waals surface area contributed by atoms with E-state index in [0.717, 1.165) is 28.1 Å². The average molecular weight is 405 g/mol. The van der Waals surface area contributed by atoms with Crippen LogP contribution in [0.25, 0.3) is 6.08 Å². The smallest absolute Gasteiger partial charge is 0.340 e. The summed E-state index contributed by atoms with van der Waals surface area (Å²) in [4.78, 5) is 27.7. The first-order valence-corrected chi connectivity index (χ1v) is 10.1. The number of hydrogen-bond donors (Lipinski definition) is 0. The lowest BCUT2D eigenvalue weighted by Gasteiger charge is -2.19. The van der Waals surface area contributed by atoms with Crippen LogP contribution in [-0.4, -0.2) is 25.1 Å². The van der Waals surface area contributed by atoms with Crippen LogP contribution in [-0.2, 0) is 14.3 Å². The Morgan fingerprint density at radius 3 is 2.27 bits per heavy atom. The van der Waals surface area contributed by atoms with E-state index in [4.69, 9.17) is 9.47 Å². The number of benzene rings is 2. The third-order valence-electron chi connectivity index (χ3n) is 5.13. The van der Waals surface area contributed by atoms with E-state index < -0.39 is 5.97 Å². The van der Waals surface area contributed by atoms with Crippen molar-refractivity contribution in [3.8, 4) is 5.75 Å². The van der Waals surface area contributed by atoms with E-state index in [1.807, 2.05) is 63.2 Å². The van der Waals surface area contributed by atoms with Crippen LogP contribution in [0.5, 0.6) is 5.75 Å². The summed E-state index contributed by atoms with van der Waals surface area (Å²) in [6, 6.07) is 13.2. The summed E-state index contributed by atoms with van der Waals surface area (Å²) in [5, 5.41) is 0. The fourth-order valence-corrected chi connectivity index (χ4v) is 3.45. The van der Waals surface area contributed by atoms with E-state index >= 15 is 0 Å². The van der Waals surface area contributed by atoms with Crippen molar-refractivity contribution in [1.82, 2.24) is 0 Å². The summed E-state index contributed by atoms with van der Waals surface area (Å²) in [5.74, 6) is 0.0195. The van der Waals surface area contributed by atoms with Crippen LogP contribution >= 0.6 is 0 Å². The fraction of sp³-hybridized carbons (Fsp3) is 0.280. The maximum atomic E-state index is 13.4. The van der Waals surface area contributed by atoms with Crippen molar-refractivity contribution in [1.29, 1.82) is 0 Å². The Bertz CT molecular complexity index is 1030. The van der Waals surface area contributed by atoms with Crippen molar-refractivity contribution < 1.29 is 19.1 Å². The number of carbonyl (C=O) groups excluding carboxylic acids is 2. The molecule has 1 heterocycles. The van der Waals surface area contributed by atoms with Crippen molar-refractivity contribution in [2.75, 3.05) is 18.1 Å². The molecule has 3 rings (SSSR count). The number of esters is 1. The second kappa shape index (κ2) is 8.99. The predicted molar refractivity (Wildman–Crippen MR) is 118 cm³/mol. The third kappa shape index (κ3) is 4.15. The van der Waals surface area contributed by atoms with Gasteiger partial charge in [-0.15, -0.1) is 0 Å². The van der Waals surface area contributed by atoms with Gasteiger partial charge in [-0.25, -0.2) is 4.79 Å². The van der Waals surface area contributed by atoms with Gasteiger partial charge in [-0.3, -0.25) is 9.69 Å². The van der Waals surface area contributed by atoms with Crippen molar-refractivity contribution in [3.05, 3.63) is 76.0 Å². The quantitative estimate of drug-likeness (QED) is 0.503. The summed E-state index contributed by atoms with van der Waals surface area (Å²) in [5.41, 5.74) is 4.95. The van der Waals surface area contributed by atoms with Gasteiger partial charge in [0.1, 0.15) is 5.75 Å². The predicted octanol–water partition coefficient (Wildman–Crippen LogP) is 4.97. The lowest BCUT2D eigenvalue weighted by atomic mass is 10.0. The van der Waals surface area contributed by atoms with Gasteiger partial charge in [0.2, 0.25) is 0 Å². The first kappa shape index (κ1) is 21.4. The molecule has 0 aliphatic carbocycles. The van der Waals surface area contributed by atoms with Crippen molar-refractivity contribution >= 4 is 23.6 Å². The van der Waals surface area contributed by atoms with E-state index in [9.17, 15) is 9.59 Å². The van der Waals surface area contributed by atoms with Gasteiger partial charge in [-0.2, -0.15) is 0 Å². The number of nitrogens with zero attached hydrogens (tertiary/aromatic N) is 1. The largest absolute Gasteiger partial charge is 0.494 e. The number of anilines is 1. The van der Waals surface area contributed by atoms with Gasteiger partial charge in [-0.1, -0.05) is 18.2 Å². The van der Waals surface area contributed by atoms with Gasteiger partial charge in [0.25, 0.3) is 5.91 Å². The van der Waals surface area contributed by atoms with Crippen LogP contribution in [0.1, 0.15) is 37.5 Å². The molecule has 0 unspecified atom stereocenters. The van der Waals surface area contributed by atoms with E-state index in [-0.39, 0.29) is 12.5 Å². The molecule has 0 saturated carbocycles. The molecule has 0 radical (unpaired) electrons. The minimum Gasteiger partial charge on any atom is -0.494 e. The minimum atomic E-state index is -0.494. The van der Waals surface area contributed by atoms with Gasteiger partial charge in [0.15, 0.2) is 0 Å². The zero-order valence-corrected chi connectivity index (χ0v) is 18.1. The lowest BCUT2D eigenvalue weighted by Crippen LogP contribution is -2.24. The number of allylic oxidation sites excluding steroid dienone is 1. The Morgan fingerprint density at radius 2 is 1.67 bits per heavy atom. The molecule has 30 heavy (non-hydrogen) atoms. The number of hydrogen-bond acceptors (Lipinski definition) is 4. The number of ether oxygens (including phenoxy) is 2. The van der Waals surface area contributed by atoms with E-state index in [0.29, 0.717) is 23.5 Å². The number of aryl methyl sites for hydroxylation is 2. The van der Waals surface area contributed by atoms with Crippen LogP contribution in [0.15, 0.2) is 59.3 Å². The van der Waals surface area contributed by atoms with Gasteiger partial charge in [0, 0.05) is 11.4 Å². The van der Waals surface area contributed by atoms with E-state index in [1.165, 1.54) is 0 Å². The Balaban J connectivity index is 2.07. The van der Waals surface area contributed by atoms with Crippen molar-refractivity contribution in [2.24, 2.45) is 0 Å². The molecular formula is C25H27NO4. The Kier molecular flexibility index (Phi) is 6.40. The maximum Gasteiger partial charge on any atom is 0.340 e. The molecule has 0 fully saturated rings. The lowest BCUT2D eigenvalue weighted by molar-refractivity contribution is -0.138. The van der Waals surface area contributed by atoms with Crippen LogP contribution in [0, 0.1) is 13.8 Å². The zero-order valence-electron chi connectivity index (χ0n) is 18.1. The van der Waals surface area contributed by atoms with Gasteiger partial charge in [-0.05, 0) is 81.7 Å². The average Bonchev–Trinajstić information content (AvgIpc) is 2.96. The highest BCUT2D eigenvalue weighted by molar-refractivity contribution is 6.23. The molecule has 1 amide bonds. The Morgan fingerprint density at radius 1 is 0.967 bits per heavy atom. The fourth-order valence-electron chi connectivity index (χ4n) is 3.45. The molecule has 0 spiro atoms. The van der Waals surface area contributed by atoms with Crippen LogP contribution in [0.4, 0.5) is 5.69 Å². The molecule has 5 heteroatoms. The highest BCUT2D eigenvalue weighted by atomic mass is 16.5. The van der Waals surface area contributed by atoms with Gasteiger partial charge < -0.3 is 9.47 Å². The van der Waals surface area contributed by atoms with Crippen molar-refractivity contribution in [3.63, 3.8) is 0 Å². The summed E-state index contributed by atoms with van der Waals surface area (Å²) < 4.78 is 10.7. The molecule has 1 aliphatic heterocycles. The summed E-state index contributed by atoms with van der Waals surface area (Å²) in [6.07, 6.45) is 1.73. The van der Waals surface area contributed by atoms with Crippen LogP contribution in [0.2, 0.25) is 0 Å². The SMILES string of the molecule is CCOC(=O)C1=C(C)N(c2ccc(C)c(C)c2)C(=O)/C1=C\c1ccc(OCC)cc1. The molecule has 0 N–H and O–H groups in total. The maximum absolute atomic E-state index is 13.4. The number of rotatable bonds is 6. The monoisotopic (exact) mass is 405 g/mol. The molecule has 156 valence electrons. The zero-order chi connectivity index (χ0) is 21.8. The first-order valence-electron chi connectivity index (χ1n) is 10.1. The molecule has 2 aromatic rings. The second-order valence-electron chi connectivity index (χ2n) is 7.15. The number of amides is 1. The molecular weight excluding hydrogens is 378 g/mol. The summed E-state index contributed by atoms with van der Waals surface area (Å²) in [6.45, 7) is 10.3. The first-order chi connectivity index (χ1) is 14.4. The minimum absolute atomic E-state index is 0.240. The van der Waals surface area contributed by atoms with E-state index in [1.54, 1.807) is 24.8 Å². The molecule has 5 nitrogen and oxygen atoms in total. The Labute approximate surface area is 177 Å².